The van der Waals surface area contributed by atoms with Crippen LogP contribution in [0, 0.1) is 5.92 Å². The van der Waals surface area contributed by atoms with Crippen molar-refractivity contribution in [2.75, 3.05) is 0 Å². The molecule has 0 fully saturated rings. The average Bonchev–Trinajstić information content (AvgIpc) is 2.99. The van der Waals surface area contributed by atoms with E-state index in [0.717, 1.165) is 12.0 Å². The molecule has 0 atom stereocenters. The van der Waals surface area contributed by atoms with Crippen LogP contribution in [0.1, 0.15) is 32.8 Å². The van der Waals surface area contributed by atoms with Gasteiger partial charge in [-0.15, -0.1) is 0 Å². The normalized spacial score (nSPS) is 11.5. The number of hydrogen-bond donors (Lipinski definition) is 0. The third-order valence-electron chi connectivity index (χ3n) is 4.18. The Morgan fingerprint density at radius 3 is 2.44 bits per heavy atom. The molecular formula is C19H24N4O2. The van der Waals surface area contributed by atoms with E-state index in [1.54, 1.807) is 10.9 Å². The molecule has 0 N–H and O–H groups in total. The molecule has 0 spiro atoms. The van der Waals surface area contributed by atoms with Gasteiger partial charge in [-0.1, -0.05) is 51.1 Å². The standard InChI is InChI=1S/C19H24N4O2/c1-4-10-22-18(24)16-17(20-13-21(16)11-14(2)3)23(19(22)25)12-15-8-6-5-7-9-15/h5-9,13-14H,4,10-12H2,1-3H3. The highest BCUT2D eigenvalue weighted by Crippen LogP contribution is 2.11. The second kappa shape index (κ2) is 7.09. The van der Waals surface area contributed by atoms with Crippen LogP contribution >= 0.6 is 0 Å². The van der Waals surface area contributed by atoms with E-state index in [4.69, 9.17) is 0 Å². The molecule has 0 saturated heterocycles. The van der Waals surface area contributed by atoms with Gasteiger partial charge in [0.05, 0.1) is 12.9 Å². The van der Waals surface area contributed by atoms with Crippen LogP contribution in [-0.4, -0.2) is 18.7 Å². The van der Waals surface area contributed by atoms with Gasteiger partial charge in [-0.2, -0.15) is 0 Å². The molecule has 0 radical (unpaired) electrons. The van der Waals surface area contributed by atoms with Crippen LogP contribution in [0.15, 0.2) is 46.2 Å². The minimum Gasteiger partial charge on any atom is -0.324 e. The van der Waals surface area contributed by atoms with Crippen LogP contribution in [0.4, 0.5) is 0 Å². The third kappa shape index (κ3) is 3.29. The highest BCUT2D eigenvalue weighted by Gasteiger charge is 2.18. The fraction of sp³-hybridized carbons (Fsp3) is 0.421. The zero-order valence-corrected chi connectivity index (χ0v) is 15.0. The fourth-order valence-electron chi connectivity index (χ4n) is 3.10. The highest BCUT2D eigenvalue weighted by molar-refractivity contribution is 5.70. The van der Waals surface area contributed by atoms with Gasteiger partial charge in [0.2, 0.25) is 0 Å². The molecule has 0 unspecified atom stereocenters. The van der Waals surface area contributed by atoms with E-state index in [2.05, 4.69) is 18.8 Å². The number of fused-ring (bicyclic) bond motifs is 1. The smallest absolute Gasteiger partial charge is 0.324 e. The van der Waals surface area contributed by atoms with Gasteiger partial charge in [-0.05, 0) is 17.9 Å². The number of imidazole rings is 1. The van der Waals surface area contributed by atoms with Gasteiger partial charge < -0.3 is 4.57 Å². The van der Waals surface area contributed by atoms with Crippen molar-refractivity contribution in [3.63, 3.8) is 0 Å². The van der Waals surface area contributed by atoms with Crippen molar-refractivity contribution < 1.29 is 0 Å². The Morgan fingerprint density at radius 1 is 1.08 bits per heavy atom. The topological polar surface area (TPSA) is 61.8 Å². The first-order valence-electron chi connectivity index (χ1n) is 8.75. The molecule has 2 aromatic heterocycles. The molecule has 3 aromatic rings. The van der Waals surface area contributed by atoms with Gasteiger partial charge in [0, 0.05) is 13.1 Å². The minimum atomic E-state index is -0.294. The summed E-state index contributed by atoms with van der Waals surface area (Å²) >= 11 is 0. The summed E-state index contributed by atoms with van der Waals surface area (Å²) in [6.07, 6.45) is 2.40. The Kier molecular flexibility index (Phi) is 4.88. The van der Waals surface area contributed by atoms with Gasteiger partial charge in [-0.3, -0.25) is 13.9 Å². The summed E-state index contributed by atoms with van der Waals surface area (Å²) < 4.78 is 4.82. The Hall–Kier alpha value is -2.63. The first-order valence-corrected chi connectivity index (χ1v) is 8.75. The molecule has 0 aliphatic heterocycles. The van der Waals surface area contributed by atoms with Gasteiger partial charge in [-0.25, -0.2) is 9.78 Å². The quantitative estimate of drug-likeness (QED) is 0.692. The number of nitrogens with zero attached hydrogens (tertiary/aromatic N) is 4. The second-order valence-electron chi connectivity index (χ2n) is 6.77. The Labute approximate surface area is 146 Å². The molecule has 132 valence electrons. The molecule has 0 aliphatic carbocycles. The molecule has 6 heteroatoms. The highest BCUT2D eigenvalue weighted by atomic mass is 16.2. The maximum absolute atomic E-state index is 12.9. The Balaban J connectivity index is 2.26. The molecule has 3 rings (SSSR count). The zero-order valence-electron chi connectivity index (χ0n) is 15.0. The van der Waals surface area contributed by atoms with Crippen molar-refractivity contribution in [2.24, 2.45) is 5.92 Å². The van der Waals surface area contributed by atoms with Gasteiger partial charge >= 0.3 is 5.69 Å². The average molecular weight is 340 g/mol. The lowest BCUT2D eigenvalue weighted by atomic mass is 10.2. The largest absolute Gasteiger partial charge is 0.333 e. The summed E-state index contributed by atoms with van der Waals surface area (Å²) in [7, 11) is 0. The van der Waals surface area contributed by atoms with Crippen LogP contribution in [0.5, 0.6) is 0 Å². The molecule has 0 aliphatic rings. The van der Waals surface area contributed by atoms with Gasteiger partial charge in [0.1, 0.15) is 0 Å². The summed E-state index contributed by atoms with van der Waals surface area (Å²) in [5, 5.41) is 0. The van der Waals surface area contributed by atoms with Crippen LogP contribution in [-0.2, 0) is 19.6 Å². The van der Waals surface area contributed by atoms with E-state index in [1.807, 2.05) is 41.8 Å². The van der Waals surface area contributed by atoms with E-state index < -0.39 is 0 Å². The Morgan fingerprint density at radius 2 is 1.80 bits per heavy atom. The zero-order chi connectivity index (χ0) is 18.0. The third-order valence-corrected chi connectivity index (χ3v) is 4.18. The molecule has 25 heavy (non-hydrogen) atoms. The number of hydrogen-bond acceptors (Lipinski definition) is 3. The SMILES string of the molecule is CCCn1c(=O)c2c(ncn2CC(C)C)n(Cc2ccccc2)c1=O. The summed E-state index contributed by atoms with van der Waals surface area (Å²) in [4.78, 5) is 30.2. The number of rotatable bonds is 6. The van der Waals surface area contributed by atoms with Crippen molar-refractivity contribution in [2.45, 2.75) is 46.8 Å². The van der Waals surface area contributed by atoms with Crippen molar-refractivity contribution in [1.82, 2.24) is 18.7 Å². The van der Waals surface area contributed by atoms with Crippen molar-refractivity contribution in [3.05, 3.63) is 63.1 Å². The minimum absolute atomic E-state index is 0.246. The maximum Gasteiger partial charge on any atom is 0.333 e. The predicted molar refractivity (Wildman–Crippen MR) is 98.9 cm³/mol. The van der Waals surface area contributed by atoms with E-state index in [0.29, 0.717) is 36.7 Å². The summed E-state index contributed by atoms with van der Waals surface area (Å²) in [6, 6.07) is 9.77. The maximum atomic E-state index is 12.9. The van der Waals surface area contributed by atoms with E-state index >= 15 is 0 Å². The van der Waals surface area contributed by atoms with Crippen molar-refractivity contribution >= 4 is 11.2 Å². The fourth-order valence-corrected chi connectivity index (χ4v) is 3.10. The lowest BCUT2D eigenvalue weighted by Crippen LogP contribution is -2.40. The first kappa shape index (κ1) is 17.2. The molecule has 1 aromatic carbocycles. The van der Waals surface area contributed by atoms with Crippen LogP contribution in [0.2, 0.25) is 0 Å². The number of aromatic nitrogens is 4. The summed E-state index contributed by atoms with van der Waals surface area (Å²) in [5.74, 6) is 0.380. The lowest BCUT2D eigenvalue weighted by molar-refractivity contribution is 0.527. The van der Waals surface area contributed by atoms with Crippen LogP contribution in [0.3, 0.4) is 0 Å². The summed E-state index contributed by atoms with van der Waals surface area (Å²) in [6.45, 7) is 7.66. The Bertz CT molecular complexity index is 980. The van der Waals surface area contributed by atoms with Gasteiger partial charge in [0.15, 0.2) is 11.2 Å². The van der Waals surface area contributed by atoms with Crippen LogP contribution in [0.25, 0.3) is 11.2 Å². The summed E-state index contributed by atoms with van der Waals surface area (Å²) in [5.41, 5.74) is 1.44. The molecule has 0 bridgehead atoms. The molecule has 6 nitrogen and oxygen atoms in total. The van der Waals surface area contributed by atoms with Crippen LogP contribution < -0.4 is 11.2 Å². The monoisotopic (exact) mass is 340 g/mol. The molecular weight excluding hydrogens is 316 g/mol. The van der Waals surface area contributed by atoms with E-state index in [-0.39, 0.29) is 11.2 Å². The number of benzene rings is 1. The molecule has 0 saturated carbocycles. The second-order valence-corrected chi connectivity index (χ2v) is 6.77. The molecule has 0 amide bonds. The van der Waals surface area contributed by atoms with Gasteiger partial charge in [0.25, 0.3) is 5.56 Å². The van der Waals surface area contributed by atoms with Crippen molar-refractivity contribution in [3.8, 4) is 0 Å². The first-order chi connectivity index (χ1) is 12.0. The lowest BCUT2D eigenvalue weighted by Gasteiger charge is -2.13. The van der Waals surface area contributed by atoms with E-state index in [9.17, 15) is 9.59 Å². The molecule has 2 heterocycles. The van der Waals surface area contributed by atoms with E-state index in [1.165, 1.54) is 4.57 Å². The predicted octanol–water partition coefficient (Wildman–Crippen LogP) is 2.47. The van der Waals surface area contributed by atoms with Crippen molar-refractivity contribution in [1.29, 1.82) is 0 Å².